The average Bonchev–Trinajstić information content (AvgIpc) is 2.53. The van der Waals surface area contributed by atoms with E-state index in [1.54, 1.807) is 12.1 Å². The number of aromatic hydroxyl groups is 1. The molecule has 0 atom stereocenters. The molecular formula is C17H14INO4S. The number of benzene rings is 3. The minimum atomic E-state index is -4.37. The molecule has 0 fully saturated rings. The van der Waals surface area contributed by atoms with Gasteiger partial charge in [-0.3, -0.25) is 4.55 Å². The van der Waals surface area contributed by atoms with Crippen molar-refractivity contribution in [1.82, 2.24) is 0 Å². The molecule has 0 spiro atoms. The number of hydrogen-bond donors (Lipinski definition) is 3. The van der Waals surface area contributed by atoms with Crippen molar-refractivity contribution in [2.45, 2.75) is 11.4 Å². The summed E-state index contributed by atoms with van der Waals surface area (Å²) in [6.07, 6.45) is 0. The van der Waals surface area contributed by atoms with E-state index in [2.05, 4.69) is 27.9 Å². The molecule has 0 amide bonds. The molecule has 0 aliphatic carbocycles. The lowest BCUT2D eigenvalue weighted by atomic mass is 10.1. The van der Waals surface area contributed by atoms with Gasteiger partial charge in [0.05, 0.1) is 4.90 Å². The van der Waals surface area contributed by atoms with Gasteiger partial charge in [0, 0.05) is 27.3 Å². The first-order valence-electron chi connectivity index (χ1n) is 7.05. The van der Waals surface area contributed by atoms with Crippen molar-refractivity contribution in [2.75, 3.05) is 5.32 Å². The third-order valence-corrected chi connectivity index (χ3v) is 5.16. The van der Waals surface area contributed by atoms with Crippen LogP contribution in [-0.4, -0.2) is 18.1 Å². The van der Waals surface area contributed by atoms with Gasteiger partial charge in [-0.2, -0.15) is 8.42 Å². The van der Waals surface area contributed by atoms with Gasteiger partial charge in [0.2, 0.25) is 0 Å². The Bertz CT molecular complexity index is 1000. The monoisotopic (exact) mass is 455 g/mol. The van der Waals surface area contributed by atoms with Crippen molar-refractivity contribution in [2.24, 2.45) is 0 Å². The van der Waals surface area contributed by atoms with E-state index in [1.807, 2.05) is 30.3 Å². The van der Waals surface area contributed by atoms with Crippen molar-refractivity contribution in [1.29, 1.82) is 0 Å². The van der Waals surface area contributed by atoms with E-state index in [0.717, 1.165) is 20.9 Å². The third-order valence-electron chi connectivity index (χ3n) is 3.61. The Morgan fingerprint density at radius 2 is 1.71 bits per heavy atom. The van der Waals surface area contributed by atoms with Gasteiger partial charge < -0.3 is 10.4 Å². The van der Waals surface area contributed by atoms with Crippen LogP contribution in [0.1, 0.15) is 5.56 Å². The zero-order valence-electron chi connectivity index (χ0n) is 12.4. The molecule has 24 heavy (non-hydrogen) atoms. The van der Waals surface area contributed by atoms with Gasteiger partial charge in [0.25, 0.3) is 10.1 Å². The van der Waals surface area contributed by atoms with Crippen LogP contribution in [0.25, 0.3) is 10.8 Å². The highest BCUT2D eigenvalue weighted by atomic mass is 127. The van der Waals surface area contributed by atoms with Gasteiger partial charge in [-0.15, -0.1) is 0 Å². The highest BCUT2D eigenvalue weighted by Crippen LogP contribution is 2.30. The van der Waals surface area contributed by atoms with E-state index < -0.39 is 10.1 Å². The summed E-state index contributed by atoms with van der Waals surface area (Å²) in [6.45, 7) is 0.617. The Balaban J connectivity index is 1.91. The maximum Gasteiger partial charge on any atom is 0.294 e. The van der Waals surface area contributed by atoms with Gasteiger partial charge >= 0.3 is 0 Å². The molecule has 7 heteroatoms. The normalized spacial score (nSPS) is 11.6. The van der Waals surface area contributed by atoms with Crippen molar-refractivity contribution in [3.05, 3.63) is 63.7 Å². The molecule has 3 aromatic carbocycles. The molecule has 0 saturated heterocycles. The summed E-state index contributed by atoms with van der Waals surface area (Å²) in [7, 11) is -4.37. The SMILES string of the molecule is O=S(=O)(O)c1cc(O)c2ccc(NCc3ccc(I)cc3)cc2c1. The number of halogens is 1. The van der Waals surface area contributed by atoms with Crippen molar-refractivity contribution >= 4 is 49.2 Å². The lowest BCUT2D eigenvalue weighted by molar-refractivity contribution is 0.471. The highest BCUT2D eigenvalue weighted by Gasteiger charge is 2.13. The van der Waals surface area contributed by atoms with Crippen LogP contribution in [0, 0.1) is 3.57 Å². The van der Waals surface area contributed by atoms with E-state index in [0.29, 0.717) is 17.3 Å². The average molecular weight is 455 g/mol. The Labute approximate surface area is 153 Å². The summed E-state index contributed by atoms with van der Waals surface area (Å²) in [6, 6.07) is 15.7. The second-order valence-corrected chi connectivity index (χ2v) is 8.00. The van der Waals surface area contributed by atoms with Crippen molar-refractivity contribution < 1.29 is 18.1 Å². The molecule has 3 N–H and O–H groups in total. The number of phenolic OH excluding ortho intramolecular Hbond substituents is 1. The van der Waals surface area contributed by atoms with Crippen LogP contribution in [0.15, 0.2) is 59.5 Å². The summed E-state index contributed by atoms with van der Waals surface area (Å²) >= 11 is 2.24. The number of hydrogen-bond acceptors (Lipinski definition) is 4. The minimum absolute atomic E-state index is 0.190. The molecule has 0 bridgehead atoms. The van der Waals surface area contributed by atoms with Gasteiger partial charge in [-0.25, -0.2) is 0 Å². The summed E-state index contributed by atoms with van der Waals surface area (Å²) in [5, 5.41) is 14.2. The zero-order chi connectivity index (χ0) is 17.3. The highest BCUT2D eigenvalue weighted by molar-refractivity contribution is 14.1. The molecule has 124 valence electrons. The summed E-state index contributed by atoms with van der Waals surface area (Å²) in [5.74, 6) is -0.190. The van der Waals surface area contributed by atoms with Gasteiger partial charge in [0.15, 0.2) is 0 Å². The second kappa shape index (κ2) is 6.58. The summed E-state index contributed by atoms with van der Waals surface area (Å²) < 4.78 is 32.9. The van der Waals surface area contributed by atoms with E-state index in [1.165, 1.54) is 6.07 Å². The first-order valence-corrected chi connectivity index (χ1v) is 9.57. The minimum Gasteiger partial charge on any atom is -0.507 e. The lowest BCUT2D eigenvalue weighted by Crippen LogP contribution is -2.00. The predicted molar refractivity (Wildman–Crippen MR) is 102 cm³/mol. The number of anilines is 1. The quantitative estimate of drug-likeness (QED) is 0.409. The molecule has 0 heterocycles. The Morgan fingerprint density at radius 3 is 2.38 bits per heavy atom. The van der Waals surface area contributed by atoms with Crippen LogP contribution in [0.2, 0.25) is 0 Å². The fourth-order valence-corrected chi connectivity index (χ4v) is 3.28. The van der Waals surface area contributed by atoms with Gasteiger partial charge in [-0.05, 0) is 69.9 Å². The van der Waals surface area contributed by atoms with Crippen LogP contribution in [0.5, 0.6) is 5.75 Å². The number of nitrogens with one attached hydrogen (secondary N) is 1. The Morgan fingerprint density at radius 1 is 1.00 bits per heavy atom. The largest absolute Gasteiger partial charge is 0.507 e. The van der Waals surface area contributed by atoms with Gasteiger partial charge in [0.1, 0.15) is 5.75 Å². The molecule has 0 unspecified atom stereocenters. The van der Waals surface area contributed by atoms with Crippen LogP contribution < -0.4 is 5.32 Å². The van der Waals surface area contributed by atoms with Crippen LogP contribution >= 0.6 is 22.6 Å². The lowest BCUT2D eigenvalue weighted by Gasteiger charge is -2.10. The molecule has 0 aliphatic rings. The van der Waals surface area contributed by atoms with Crippen molar-refractivity contribution in [3.8, 4) is 5.75 Å². The fourth-order valence-electron chi connectivity index (χ4n) is 2.39. The number of phenols is 1. The number of fused-ring (bicyclic) bond motifs is 1. The molecular weight excluding hydrogens is 441 g/mol. The topological polar surface area (TPSA) is 86.6 Å². The molecule has 0 aliphatic heterocycles. The summed E-state index contributed by atoms with van der Waals surface area (Å²) in [4.78, 5) is -0.331. The maximum absolute atomic E-state index is 11.3. The van der Waals surface area contributed by atoms with E-state index in [4.69, 9.17) is 4.55 Å². The third kappa shape index (κ3) is 3.80. The molecule has 0 radical (unpaired) electrons. The fraction of sp³-hybridized carbons (Fsp3) is 0.0588. The van der Waals surface area contributed by atoms with Gasteiger partial charge in [-0.1, -0.05) is 12.1 Å². The molecule has 5 nitrogen and oxygen atoms in total. The zero-order valence-corrected chi connectivity index (χ0v) is 15.4. The van der Waals surface area contributed by atoms with Crippen LogP contribution in [-0.2, 0) is 16.7 Å². The Hall–Kier alpha value is -1.84. The standard InChI is InChI=1S/C17H14INO4S/c18-13-3-1-11(2-4-13)10-19-14-5-6-16-12(7-14)8-15(9-17(16)20)24(21,22)23/h1-9,19-20H,10H2,(H,21,22,23). The Kier molecular flexibility index (Phi) is 4.66. The first kappa shape index (κ1) is 17.0. The molecule has 0 saturated carbocycles. The number of rotatable bonds is 4. The maximum atomic E-state index is 11.3. The molecule has 0 aromatic heterocycles. The first-order chi connectivity index (χ1) is 11.3. The predicted octanol–water partition coefficient (Wildman–Crippen LogP) is 4.01. The van der Waals surface area contributed by atoms with Crippen LogP contribution in [0.4, 0.5) is 5.69 Å². The van der Waals surface area contributed by atoms with E-state index in [9.17, 15) is 13.5 Å². The molecule has 3 aromatic rings. The van der Waals surface area contributed by atoms with E-state index in [-0.39, 0.29) is 10.6 Å². The summed E-state index contributed by atoms with van der Waals surface area (Å²) in [5.41, 5.74) is 1.90. The second-order valence-electron chi connectivity index (χ2n) is 5.33. The molecule has 3 rings (SSSR count). The van der Waals surface area contributed by atoms with Crippen LogP contribution in [0.3, 0.4) is 0 Å². The van der Waals surface area contributed by atoms with E-state index >= 15 is 0 Å². The smallest absolute Gasteiger partial charge is 0.294 e. The van der Waals surface area contributed by atoms with Crippen molar-refractivity contribution in [3.63, 3.8) is 0 Å².